The summed E-state index contributed by atoms with van der Waals surface area (Å²) in [4.78, 5) is 24.8. The molecule has 0 aromatic heterocycles. The van der Waals surface area contributed by atoms with Gasteiger partial charge in [-0.2, -0.15) is 0 Å². The molecule has 124 valence electrons. The third-order valence-corrected chi connectivity index (χ3v) is 5.58. The van der Waals surface area contributed by atoms with Gasteiger partial charge < -0.3 is 18.9 Å². The minimum absolute atomic E-state index is 0.0522. The zero-order valence-corrected chi connectivity index (χ0v) is 13.4. The fourth-order valence-corrected chi connectivity index (χ4v) is 3.21. The molecule has 6 heteroatoms. The molecule has 4 unspecified atom stereocenters. The molecule has 0 spiro atoms. The minimum Gasteiger partial charge on any atom is -0.463 e. The van der Waals surface area contributed by atoms with Crippen molar-refractivity contribution < 1.29 is 28.5 Å². The highest BCUT2D eigenvalue weighted by atomic mass is 16.6. The van der Waals surface area contributed by atoms with Crippen molar-refractivity contribution in [1.82, 2.24) is 0 Å². The lowest BCUT2D eigenvalue weighted by molar-refractivity contribution is -0.165. The first-order valence-corrected chi connectivity index (χ1v) is 7.91. The topological polar surface area (TPSA) is 77.7 Å². The van der Waals surface area contributed by atoms with E-state index in [1.807, 2.05) is 20.8 Å². The molecular formula is C16H24O6. The Hall–Kier alpha value is -1.14. The predicted octanol–water partition coefficient (Wildman–Crippen LogP) is 1.31. The van der Waals surface area contributed by atoms with Gasteiger partial charge in [0.05, 0.1) is 24.5 Å². The predicted molar refractivity (Wildman–Crippen MR) is 76.0 cm³/mol. The highest BCUT2D eigenvalue weighted by molar-refractivity contribution is 5.82. The summed E-state index contributed by atoms with van der Waals surface area (Å²) in [7, 11) is 0. The van der Waals surface area contributed by atoms with E-state index in [-0.39, 0.29) is 30.1 Å². The zero-order valence-electron chi connectivity index (χ0n) is 13.4. The van der Waals surface area contributed by atoms with E-state index in [0.29, 0.717) is 39.3 Å². The van der Waals surface area contributed by atoms with E-state index in [1.165, 1.54) is 0 Å². The lowest BCUT2D eigenvalue weighted by Gasteiger charge is -2.38. The van der Waals surface area contributed by atoms with Gasteiger partial charge in [0.25, 0.3) is 0 Å². The summed E-state index contributed by atoms with van der Waals surface area (Å²) >= 11 is 0. The van der Waals surface area contributed by atoms with Gasteiger partial charge in [-0.15, -0.1) is 0 Å². The third-order valence-electron chi connectivity index (χ3n) is 5.58. The number of rotatable bonds is 6. The first kappa shape index (κ1) is 15.7. The molecule has 2 aliphatic heterocycles. The van der Waals surface area contributed by atoms with Crippen LogP contribution in [0.3, 0.4) is 0 Å². The Balaban J connectivity index is 1.62. The second-order valence-corrected chi connectivity index (χ2v) is 7.28. The Morgan fingerprint density at radius 1 is 1.05 bits per heavy atom. The Morgan fingerprint density at radius 2 is 1.59 bits per heavy atom. The Bertz CT molecular complexity index is 465. The van der Waals surface area contributed by atoms with E-state index in [1.54, 1.807) is 0 Å². The lowest BCUT2D eigenvalue weighted by atomic mass is 9.65. The molecule has 0 bridgehead atoms. The molecule has 22 heavy (non-hydrogen) atoms. The molecule has 3 fully saturated rings. The number of carbonyl (C=O) groups is 2. The van der Waals surface area contributed by atoms with Crippen LogP contribution in [0.15, 0.2) is 0 Å². The maximum Gasteiger partial charge on any atom is 0.312 e. The van der Waals surface area contributed by atoms with Crippen LogP contribution in [-0.4, -0.2) is 50.6 Å². The van der Waals surface area contributed by atoms with Crippen LogP contribution >= 0.6 is 0 Å². The molecule has 3 rings (SSSR count). The van der Waals surface area contributed by atoms with Gasteiger partial charge in [0.2, 0.25) is 0 Å². The van der Waals surface area contributed by atoms with Crippen molar-refractivity contribution in [3.63, 3.8) is 0 Å². The monoisotopic (exact) mass is 312 g/mol. The summed E-state index contributed by atoms with van der Waals surface area (Å²) in [6.45, 7) is 7.73. The van der Waals surface area contributed by atoms with Crippen molar-refractivity contribution >= 4 is 11.9 Å². The van der Waals surface area contributed by atoms with Crippen LogP contribution in [0.2, 0.25) is 0 Å². The summed E-state index contributed by atoms with van der Waals surface area (Å²) in [5.74, 6) is -0.766. The maximum absolute atomic E-state index is 12.5. The van der Waals surface area contributed by atoms with Crippen LogP contribution in [0.5, 0.6) is 0 Å². The van der Waals surface area contributed by atoms with Crippen molar-refractivity contribution in [3.05, 3.63) is 0 Å². The van der Waals surface area contributed by atoms with E-state index < -0.39 is 10.8 Å². The molecule has 0 radical (unpaired) electrons. The van der Waals surface area contributed by atoms with E-state index in [0.717, 1.165) is 0 Å². The van der Waals surface area contributed by atoms with Gasteiger partial charge in [0.15, 0.2) is 0 Å². The third kappa shape index (κ3) is 2.86. The standard InChI is InChI=1S/C16H24O6/c1-15(2)12(13(17)21-8-10-6-19-10)4-5-16(15,3)14(18)22-9-11-7-20-11/h10-12H,4-9H2,1-3H3. The molecule has 2 saturated heterocycles. The van der Waals surface area contributed by atoms with Gasteiger partial charge in [-0.05, 0) is 25.2 Å². The van der Waals surface area contributed by atoms with Crippen molar-refractivity contribution in [2.75, 3.05) is 26.4 Å². The molecule has 1 aliphatic carbocycles. The second kappa shape index (κ2) is 5.49. The molecule has 0 amide bonds. The van der Waals surface area contributed by atoms with Crippen LogP contribution in [0.25, 0.3) is 0 Å². The first-order valence-electron chi connectivity index (χ1n) is 7.91. The van der Waals surface area contributed by atoms with Crippen LogP contribution in [0.1, 0.15) is 33.6 Å². The van der Waals surface area contributed by atoms with E-state index in [4.69, 9.17) is 18.9 Å². The number of hydrogen-bond donors (Lipinski definition) is 0. The largest absolute Gasteiger partial charge is 0.463 e. The zero-order chi connectivity index (χ0) is 16.0. The highest BCUT2D eigenvalue weighted by Crippen LogP contribution is 2.56. The van der Waals surface area contributed by atoms with Crippen molar-refractivity contribution in [1.29, 1.82) is 0 Å². The number of epoxide rings is 2. The van der Waals surface area contributed by atoms with Crippen molar-refractivity contribution in [2.45, 2.75) is 45.8 Å². The summed E-state index contributed by atoms with van der Waals surface area (Å²) in [5.41, 5.74) is -1.18. The Kier molecular flexibility index (Phi) is 3.93. The lowest BCUT2D eigenvalue weighted by Crippen LogP contribution is -2.44. The fraction of sp³-hybridized carbons (Fsp3) is 0.875. The molecule has 3 aliphatic rings. The van der Waals surface area contributed by atoms with Gasteiger partial charge in [0, 0.05) is 0 Å². The van der Waals surface area contributed by atoms with Crippen LogP contribution in [-0.2, 0) is 28.5 Å². The summed E-state index contributed by atoms with van der Waals surface area (Å²) in [5, 5.41) is 0. The molecule has 2 heterocycles. The van der Waals surface area contributed by atoms with Gasteiger partial charge >= 0.3 is 11.9 Å². The molecule has 0 aromatic rings. The molecule has 0 N–H and O–H groups in total. The van der Waals surface area contributed by atoms with Gasteiger partial charge in [-0.25, -0.2) is 0 Å². The van der Waals surface area contributed by atoms with E-state index in [2.05, 4.69) is 0 Å². The summed E-state index contributed by atoms with van der Waals surface area (Å²) < 4.78 is 20.8. The molecular weight excluding hydrogens is 288 g/mol. The smallest absolute Gasteiger partial charge is 0.312 e. The van der Waals surface area contributed by atoms with Gasteiger partial charge in [0.1, 0.15) is 25.4 Å². The molecule has 0 aromatic carbocycles. The molecule has 6 nitrogen and oxygen atoms in total. The SMILES string of the molecule is CC1(C(=O)OCC2CO2)CCC(C(=O)OCC2CO2)C1(C)C. The highest BCUT2D eigenvalue weighted by Gasteiger charge is 2.59. The van der Waals surface area contributed by atoms with Crippen molar-refractivity contribution in [3.8, 4) is 0 Å². The minimum atomic E-state index is -0.679. The van der Waals surface area contributed by atoms with E-state index in [9.17, 15) is 9.59 Å². The summed E-state index contributed by atoms with van der Waals surface area (Å²) in [6, 6.07) is 0. The maximum atomic E-state index is 12.5. The Labute approximate surface area is 130 Å². The summed E-state index contributed by atoms with van der Waals surface area (Å²) in [6.07, 6.45) is 1.38. The van der Waals surface area contributed by atoms with Gasteiger partial charge in [-0.1, -0.05) is 13.8 Å². The quantitative estimate of drug-likeness (QED) is 0.543. The number of hydrogen-bond acceptors (Lipinski definition) is 6. The second-order valence-electron chi connectivity index (χ2n) is 7.28. The molecule has 4 atom stereocenters. The fourth-order valence-electron chi connectivity index (χ4n) is 3.21. The van der Waals surface area contributed by atoms with Gasteiger partial charge in [-0.3, -0.25) is 9.59 Å². The molecule has 1 saturated carbocycles. The Morgan fingerprint density at radius 3 is 2.14 bits per heavy atom. The number of carbonyl (C=O) groups excluding carboxylic acids is 2. The van der Waals surface area contributed by atoms with Crippen LogP contribution < -0.4 is 0 Å². The van der Waals surface area contributed by atoms with Crippen LogP contribution in [0.4, 0.5) is 0 Å². The van der Waals surface area contributed by atoms with Crippen LogP contribution in [0, 0.1) is 16.7 Å². The average molecular weight is 312 g/mol. The van der Waals surface area contributed by atoms with Crippen molar-refractivity contribution in [2.24, 2.45) is 16.7 Å². The average Bonchev–Trinajstić information content (AvgIpc) is 3.36. The van der Waals surface area contributed by atoms with E-state index >= 15 is 0 Å². The first-order chi connectivity index (χ1) is 10.3. The number of ether oxygens (including phenoxy) is 4. The normalized spacial score (nSPS) is 38.4. The number of esters is 2.